The van der Waals surface area contributed by atoms with Gasteiger partial charge in [0.25, 0.3) is 5.91 Å². The lowest BCUT2D eigenvalue weighted by Gasteiger charge is -2.34. The zero-order valence-electron chi connectivity index (χ0n) is 24.5. The highest BCUT2D eigenvalue weighted by Crippen LogP contribution is 2.33. The Bertz CT molecular complexity index is 1380. The zero-order chi connectivity index (χ0) is 31.0. The molecule has 2 atom stereocenters. The third-order valence-electron chi connectivity index (χ3n) is 6.37. The number of phenols is 2. The van der Waals surface area contributed by atoms with Crippen LogP contribution in [0.2, 0.25) is 5.02 Å². The first-order valence-electron chi connectivity index (χ1n) is 13.7. The van der Waals surface area contributed by atoms with Crippen molar-refractivity contribution in [2.75, 3.05) is 11.9 Å². The largest absolute Gasteiger partial charge is 0.508 e. The summed E-state index contributed by atoms with van der Waals surface area (Å²) in [6, 6.07) is 15.4. The number of aryl methyl sites for hydroxylation is 1. The third kappa shape index (κ3) is 8.63. The third-order valence-corrected chi connectivity index (χ3v) is 6.69. The number of nitrogens with zero attached hydrogens (tertiary/aromatic N) is 1. The van der Waals surface area contributed by atoms with Gasteiger partial charge in [-0.1, -0.05) is 61.0 Å². The molecule has 0 aliphatic heterocycles. The molecule has 9 nitrogen and oxygen atoms in total. The van der Waals surface area contributed by atoms with Crippen molar-refractivity contribution in [3.05, 3.63) is 88.4 Å². The van der Waals surface area contributed by atoms with Crippen LogP contribution < -0.4 is 10.6 Å². The molecule has 3 rings (SSSR count). The number of amides is 3. The summed E-state index contributed by atoms with van der Waals surface area (Å²) in [5, 5.41) is 26.4. The molecule has 42 heavy (non-hydrogen) atoms. The lowest BCUT2D eigenvalue weighted by atomic mass is 9.99. The molecule has 0 saturated carbocycles. The van der Waals surface area contributed by atoms with E-state index in [2.05, 4.69) is 10.6 Å². The van der Waals surface area contributed by atoms with E-state index >= 15 is 0 Å². The molecule has 0 bridgehead atoms. The van der Waals surface area contributed by atoms with Crippen LogP contribution in [-0.2, 0) is 20.7 Å². The fraction of sp³-hybridized carbons (Fsp3) is 0.344. The van der Waals surface area contributed by atoms with Gasteiger partial charge in [0.05, 0.1) is 10.7 Å². The van der Waals surface area contributed by atoms with Crippen LogP contribution in [0.3, 0.4) is 0 Å². The summed E-state index contributed by atoms with van der Waals surface area (Å²) >= 11 is 6.40. The normalized spacial score (nSPS) is 12.6. The van der Waals surface area contributed by atoms with Crippen LogP contribution in [0.15, 0.2) is 66.7 Å². The zero-order valence-corrected chi connectivity index (χ0v) is 25.2. The number of benzene rings is 3. The molecule has 0 aliphatic rings. The Hall–Kier alpha value is -4.24. The number of carbonyl (C=O) groups is 3. The topological polar surface area (TPSA) is 128 Å². The van der Waals surface area contributed by atoms with Crippen LogP contribution in [0.4, 0.5) is 10.5 Å². The minimum absolute atomic E-state index is 0.0529. The highest BCUT2D eigenvalue weighted by molar-refractivity contribution is 6.34. The number of rotatable bonds is 10. The maximum atomic E-state index is 14.3. The van der Waals surface area contributed by atoms with Crippen molar-refractivity contribution in [3.63, 3.8) is 0 Å². The average molecular weight is 596 g/mol. The molecule has 0 heterocycles. The van der Waals surface area contributed by atoms with Crippen LogP contribution in [0.25, 0.3) is 0 Å². The van der Waals surface area contributed by atoms with Crippen LogP contribution in [0.5, 0.6) is 11.5 Å². The van der Waals surface area contributed by atoms with Crippen molar-refractivity contribution >= 4 is 35.2 Å². The first-order valence-corrected chi connectivity index (χ1v) is 14.1. The van der Waals surface area contributed by atoms with Gasteiger partial charge in [-0.2, -0.15) is 0 Å². The molecular weight excluding hydrogens is 558 g/mol. The van der Waals surface area contributed by atoms with Crippen molar-refractivity contribution in [1.82, 2.24) is 10.2 Å². The number of carbonyl (C=O) groups excluding carboxylic acids is 3. The molecule has 0 spiro atoms. The van der Waals surface area contributed by atoms with Crippen LogP contribution in [-0.4, -0.2) is 51.2 Å². The summed E-state index contributed by atoms with van der Waals surface area (Å²) in [6.45, 7) is 8.92. The lowest BCUT2D eigenvalue weighted by Crippen LogP contribution is -2.53. The predicted molar refractivity (Wildman–Crippen MR) is 163 cm³/mol. The van der Waals surface area contributed by atoms with E-state index in [0.29, 0.717) is 22.7 Å². The van der Waals surface area contributed by atoms with E-state index in [9.17, 15) is 24.6 Å². The van der Waals surface area contributed by atoms with Gasteiger partial charge in [0.2, 0.25) is 5.91 Å². The number of para-hydroxylation sites is 2. The second-order valence-electron chi connectivity index (χ2n) is 11.0. The standard InChI is InChI=1S/C32H38ClN3O6/c1-6-18-36(30(40)25(34-31(41)42-32(3,4)5)19-21-14-16-22(37)17-15-21)28(23-11-7-8-13-26(23)38)29(39)35-27-20(2)10-9-12-24(27)33/h7-17,25,28,37-38H,6,18-19H2,1-5H3,(H,34,41)(H,35,39). The number of hydrogen-bond donors (Lipinski definition) is 4. The summed E-state index contributed by atoms with van der Waals surface area (Å²) in [5.41, 5.74) is 1.17. The Morgan fingerprint density at radius 3 is 2.24 bits per heavy atom. The van der Waals surface area contributed by atoms with Crippen molar-refractivity contribution in [1.29, 1.82) is 0 Å². The van der Waals surface area contributed by atoms with E-state index in [1.54, 1.807) is 76.2 Å². The molecule has 0 aromatic heterocycles. The molecule has 0 aliphatic carbocycles. The Morgan fingerprint density at radius 1 is 0.976 bits per heavy atom. The number of phenolic OH excluding ortho intramolecular Hbond substituents is 2. The quantitative estimate of drug-likeness (QED) is 0.224. The summed E-state index contributed by atoms with van der Waals surface area (Å²) in [5.74, 6) is -1.26. The van der Waals surface area contributed by atoms with Gasteiger partial charge in [0, 0.05) is 18.5 Å². The van der Waals surface area contributed by atoms with Gasteiger partial charge in [0.1, 0.15) is 29.2 Å². The molecule has 10 heteroatoms. The number of ether oxygens (including phenoxy) is 1. The smallest absolute Gasteiger partial charge is 0.408 e. The Labute approximate surface area is 251 Å². The fourth-order valence-electron chi connectivity index (χ4n) is 4.48. The van der Waals surface area contributed by atoms with Crippen LogP contribution in [0.1, 0.15) is 56.8 Å². The monoisotopic (exact) mass is 595 g/mol. The van der Waals surface area contributed by atoms with E-state index in [-0.39, 0.29) is 30.0 Å². The molecule has 0 fully saturated rings. The molecule has 224 valence electrons. The van der Waals surface area contributed by atoms with Crippen molar-refractivity contribution in [2.45, 2.75) is 65.1 Å². The Kier molecular flexibility index (Phi) is 10.8. The maximum Gasteiger partial charge on any atom is 0.408 e. The number of alkyl carbamates (subject to hydrolysis) is 1. The second-order valence-corrected chi connectivity index (χ2v) is 11.4. The van der Waals surface area contributed by atoms with Gasteiger partial charge in [-0.25, -0.2) is 4.79 Å². The van der Waals surface area contributed by atoms with Crippen LogP contribution >= 0.6 is 11.6 Å². The minimum Gasteiger partial charge on any atom is -0.508 e. The number of nitrogens with one attached hydrogen (secondary N) is 2. The van der Waals surface area contributed by atoms with E-state index in [0.717, 1.165) is 5.56 Å². The molecule has 3 aromatic rings. The summed E-state index contributed by atoms with van der Waals surface area (Å²) in [6.07, 6.45) is -0.268. The molecule has 0 radical (unpaired) electrons. The average Bonchev–Trinajstić information content (AvgIpc) is 2.91. The maximum absolute atomic E-state index is 14.3. The van der Waals surface area contributed by atoms with E-state index < -0.39 is 35.6 Å². The molecule has 3 amide bonds. The van der Waals surface area contributed by atoms with Gasteiger partial charge >= 0.3 is 6.09 Å². The van der Waals surface area contributed by atoms with Gasteiger partial charge in [-0.15, -0.1) is 0 Å². The SMILES string of the molecule is CCCN(C(=O)C(Cc1ccc(O)cc1)NC(=O)OC(C)(C)C)C(C(=O)Nc1c(C)cccc1Cl)c1ccccc1O. The molecule has 0 saturated heterocycles. The number of halogens is 1. The highest BCUT2D eigenvalue weighted by atomic mass is 35.5. The van der Waals surface area contributed by atoms with E-state index in [4.69, 9.17) is 16.3 Å². The van der Waals surface area contributed by atoms with Crippen molar-refractivity contribution in [3.8, 4) is 11.5 Å². The highest BCUT2D eigenvalue weighted by Gasteiger charge is 2.37. The van der Waals surface area contributed by atoms with Gasteiger partial charge in [-0.05, 0) is 69.5 Å². The summed E-state index contributed by atoms with van der Waals surface area (Å²) < 4.78 is 5.44. The molecule has 2 unspecified atom stereocenters. The lowest BCUT2D eigenvalue weighted by molar-refractivity contribution is -0.140. The van der Waals surface area contributed by atoms with E-state index in [1.807, 2.05) is 6.92 Å². The minimum atomic E-state index is -1.27. The van der Waals surface area contributed by atoms with E-state index in [1.165, 1.54) is 23.1 Å². The van der Waals surface area contributed by atoms with Crippen LogP contribution in [0, 0.1) is 6.92 Å². The van der Waals surface area contributed by atoms with Gasteiger partial charge in [-0.3, -0.25) is 9.59 Å². The summed E-state index contributed by atoms with van der Waals surface area (Å²) in [4.78, 5) is 42.6. The summed E-state index contributed by atoms with van der Waals surface area (Å²) in [7, 11) is 0. The van der Waals surface area contributed by atoms with Gasteiger partial charge < -0.3 is 30.5 Å². The number of hydrogen-bond acceptors (Lipinski definition) is 6. The van der Waals surface area contributed by atoms with Crippen molar-refractivity contribution < 1.29 is 29.3 Å². The fourth-order valence-corrected chi connectivity index (χ4v) is 4.75. The molecular formula is C32H38ClN3O6. The van der Waals surface area contributed by atoms with Crippen molar-refractivity contribution in [2.24, 2.45) is 0 Å². The predicted octanol–water partition coefficient (Wildman–Crippen LogP) is 6.11. The number of aromatic hydroxyl groups is 2. The van der Waals surface area contributed by atoms with Gasteiger partial charge in [0.15, 0.2) is 0 Å². The Balaban J connectivity index is 2.08. The molecule has 3 aromatic carbocycles. The first-order chi connectivity index (χ1) is 19.8. The molecule has 4 N–H and O–H groups in total. The number of anilines is 1. The second kappa shape index (κ2) is 14.1. The Morgan fingerprint density at radius 2 is 1.64 bits per heavy atom. The first kappa shape index (κ1) is 32.3.